The lowest BCUT2D eigenvalue weighted by molar-refractivity contribution is 0.880. The molecule has 0 aliphatic carbocycles. The van der Waals surface area contributed by atoms with Crippen LogP contribution >= 0.6 is 11.6 Å². The number of halogens is 1. The summed E-state index contributed by atoms with van der Waals surface area (Å²) in [5.74, 6) is 0. The van der Waals surface area contributed by atoms with E-state index in [9.17, 15) is 4.79 Å². The zero-order chi connectivity index (χ0) is 13.2. The molecule has 1 aromatic heterocycles. The molecule has 0 aliphatic heterocycles. The first-order valence-corrected chi connectivity index (χ1v) is 6.11. The number of fused-ring (bicyclic) bond motifs is 1. The highest BCUT2D eigenvalue weighted by Gasteiger charge is 2.04. The van der Waals surface area contributed by atoms with Crippen molar-refractivity contribution >= 4 is 28.2 Å². The molecular weight excluding hydrogens is 262 g/mol. The molecule has 0 fully saturated rings. The minimum Gasteiger partial charge on any atom is -0.290 e. The third kappa shape index (κ3) is 2.30. The van der Waals surface area contributed by atoms with Gasteiger partial charge in [0.1, 0.15) is 6.33 Å². The molecule has 2 aromatic carbocycles. The van der Waals surface area contributed by atoms with Gasteiger partial charge in [-0.1, -0.05) is 29.8 Å². The summed E-state index contributed by atoms with van der Waals surface area (Å²) in [6.07, 6.45) is 1.45. The number of hydrogen-bond acceptors (Lipinski definition) is 3. The third-order valence-corrected chi connectivity index (χ3v) is 2.98. The molecule has 0 unspecified atom stereocenters. The van der Waals surface area contributed by atoms with E-state index in [1.165, 1.54) is 11.0 Å². The summed E-state index contributed by atoms with van der Waals surface area (Å²) >= 11 is 5.88. The van der Waals surface area contributed by atoms with Gasteiger partial charge in [0.2, 0.25) is 0 Å². The second kappa shape index (κ2) is 4.74. The monoisotopic (exact) mass is 271 g/mol. The molecular formula is C14H10ClN3O. The van der Waals surface area contributed by atoms with Gasteiger partial charge >= 0.3 is 0 Å². The van der Waals surface area contributed by atoms with Crippen molar-refractivity contribution in [3.05, 3.63) is 70.2 Å². The molecule has 3 rings (SSSR count). The van der Waals surface area contributed by atoms with Crippen LogP contribution in [0.5, 0.6) is 0 Å². The molecule has 0 saturated heterocycles. The number of nitrogens with zero attached hydrogens (tertiary/aromatic N) is 2. The van der Waals surface area contributed by atoms with E-state index in [0.29, 0.717) is 15.9 Å². The fraction of sp³-hybridized carbons (Fsp3) is 0. The van der Waals surface area contributed by atoms with Crippen molar-refractivity contribution in [3.8, 4) is 0 Å². The maximum absolute atomic E-state index is 12.3. The van der Waals surface area contributed by atoms with Gasteiger partial charge in [0, 0.05) is 5.02 Å². The topological polar surface area (TPSA) is 46.9 Å². The number of aromatic nitrogens is 2. The van der Waals surface area contributed by atoms with Gasteiger partial charge in [-0.25, -0.2) is 9.66 Å². The molecule has 94 valence electrons. The number of para-hydroxylation sites is 1. The zero-order valence-electron chi connectivity index (χ0n) is 9.88. The van der Waals surface area contributed by atoms with E-state index < -0.39 is 0 Å². The highest BCUT2D eigenvalue weighted by Crippen LogP contribution is 2.14. The summed E-state index contributed by atoms with van der Waals surface area (Å²) in [6, 6.07) is 14.5. The Morgan fingerprint density at radius 2 is 1.89 bits per heavy atom. The molecule has 1 N–H and O–H groups in total. The molecule has 0 bridgehead atoms. The van der Waals surface area contributed by atoms with Crippen LogP contribution < -0.4 is 11.0 Å². The molecule has 0 atom stereocenters. The number of nitrogens with one attached hydrogen (secondary N) is 1. The van der Waals surface area contributed by atoms with Gasteiger partial charge in [-0.2, -0.15) is 0 Å². The van der Waals surface area contributed by atoms with Gasteiger partial charge in [-0.05, 0) is 30.3 Å². The first kappa shape index (κ1) is 11.7. The fourth-order valence-electron chi connectivity index (χ4n) is 1.83. The number of benzene rings is 2. The van der Waals surface area contributed by atoms with Crippen LogP contribution in [0.4, 0.5) is 5.69 Å². The van der Waals surface area contributed by atoms with Crippen molar-refractivity contribution in [2.45, 2.75) is 0 Å². The van der Waals surface area contributed by atoms with Crippen molar-refractivity contribution in [2.24, 2.45) is 0 Å². The van der Waals surface area contributed by atoms with Crippen LogP contribution in [0.25, 0.3) is 10.9 Å². The Morgan fingerprint density at radius 1 is 1.11 bits per heavy atom. The van der Waals surface area contributed by atoms with Crippen molar-refractivity contribution in [2.75, 3.05) is 5.43 Å². The molecule has 4 nitrogen and oxygen atoms in total. The van der Waals surface area contributed by atoms with E-state index in [0.717, 1.165) is 5.69 Å². The Hall–Kier alpha value is -2.33. The van der Waals surface area contributed by atoms with Crippen LogP contribution in [0, 0.1) is 0 Å². The smallest absolute Gasteiger partial charge is 0.280 e. The van der Waals surface area contributed by atoms with Crippen LogP contribution in [0.1, 0.15) is 0 Å². The minimum atomic E-state index is -0.162. The highest BCUT2D eigenvalue weighted by molar-refractivity contribution is 6.31. The Bertz CT molecular complexity index is 784. The number of anilines is 1. The lowest BCUT2D eigenvalue weighted by Gasteiger charge is -2.09. The fourth-order valence-corrected chi connectivity index (χ4v) is 1.99. The molecule has 0 spiro atoms. The van der Waals surface area contributed by atoms with Crippen LogP contribution in [-0.4, -0.2) is 9.66 Å². The second-order valence-corrected chi connectivity index (χ2v) is 4.50. The van der Waals surface area contributed by atoms with E-state index in [1.807, 2.05) is 30.3 Å². The molecule has 0 radical (unpaired) electrons. The number of hydrogen-bond donors (Lipinski definition) is 1. The summed E-state index contributed by atoms with van der Waals surface area (Å²) in [7, 11) is 0. The molecule has 19 heavy (non-hydrogen) atoms. The SMILES string of the molecule is O=c1c2ccc(Cl)cc2ncn1Nc1ccccc1. The molecule has 0 aliphatic rings. The molecule has 3 aromatic rings. The molecule has 5 heteroatoms. The predicted molar refractivity (Wildman–Crippen MR) is 76.5 cm³/mol. The molecule has 0 amide bonds. The van der Waals surface area contributed by atoms with E-state index >= 15 is 0 Å². The van der Waals surface area contributed by atoms with Crippen LogP contribution in [0.2, 0.25) is 5.02 Å². The summed E-state index contributed by atoms with van der Waals surface area (Å²) in [4.78, 5) is 16.5. The van der Waals surface area contributed by atoms with Crippen molar-refractivity contribution < 1.29 is 0 Å². The average Bonchev–Trinajstić information content (AvgIpc) is 2.43. The quantitative estimate of drug-likeness (QED) is 0.779. The van der Waals surface area contributed by atoms with Crippen LogP contribution in [0.15, 0.2) is 59.7 Å². The molecule has 0 saturated carbocycles. The Kier molecular flexibility index (Phi) is 2.93. The normalized spacial score (nSPS) is 10.6. The van der Waals surface area contributed by atoms with E-state index in [1.54, 1.807) is 18.2 Å². The lowest BCUT2D eigenvalue weighted by Crippen LogP contribution is -2.26. The number of rotatable bonds is 2. The van der Waals surface area contributed by atoms with Crippen molar-refractivity contribution in [3.63, 3.8) is 0 Å². The maximum atomic E-state index is 12.3. The summed E-state index contributed by atoms with van der Waals surface area (Å²) in [6.45, 7) is 0. The Balaban J connectivity index is 2.08. The Morgan fingerprint density at radius 3 is 2.68 bits per heavy atom. The maximum Gasteiger partial charge on any atom is 0.280 e. The van der Waals surface area contributed by atoms with Gasteiger partial charge in [-0.3, -0.25) is 10.2 Å². The highest BCUT2D eigenvalue weighted by atomic mass is 35.5. The Labute approximate surface area is 114 Å². The first-order valence-electron chi connectivity index (χ1n) is 5.73. The van der Waals surface area contributed by atoms with Crippen LogP contribution in [0.3, 0.4) is 0 Å². The van der Waals surface area contributed by atoms with Crippen molar-refractivity contribution in [1.82, 2.24) is 9.66 Å². The van der Waals surface area contributed by atoms with E-state index in [2.05, 4.69) is 10.4 Å². The van der Waals surface area contributed by atoms with Gasteiger partial charge in [0.05, 0.1) is 16.6 Å². The van der Waals surface area contributed by atoms with Crippen molar-refractivity contribution in [1.29, 1.82) is 0 Å². The summed E-state index contributed by atoms with van der Waals surface area (Å²) < 4.78 is 1.35. The second-order valence-electron chi connectivity index (χ2n) is 4.06. The van der Waals surface area contributed by atoms with Crippen LogP contribution in [-0.2, 0) is 0 Å². The minimum absolute atomic E-state index is 0.162. The standard InChI is InChI=1S/C14H10ClN3O/c15-10-6-7-12-13(8-10)16-9-18(14(12)19)17-11-4-2-1-3-5-11/h1-9,17H. The predicted octanol–water partition coefficient (Wildman–Crippen LogP) is 2.93. The van der Waals surface area contributed by atoms with E-state index in [-0.39, 0.29) is 5.56 Å². The zero-order valence-corrected chi connectivity index (χ0v) is 10.6. The van der Waals surface area contributed by atoms with Gasteiger partial charge < -0.3 is 0 Å². The largest absolute Gasteiger partial charge is 0.290 e. The van der Waals surface area contributed by atoms with Gasteiger partial charge in [0.15, 0.2) is 0 Å². The third-order valence-electron chi connectivity index (χ3n) is 2.74. The lowest BCUT2D eigenvalue weighted by atomic mass is 10.2. The first-order chi connectivity index (χ1) is 9.24. The summed E-state index contributed by atoms with van der Waals surface area (Å²) in [5.41, 5.74) is 4.23. The van der Waals surface area contributed by atoms with Gasteiger partial charge in [-0.15, -0.1) is 0 Å². The van der Waals surface area contributed by atoms with Gasteiger partial charge in [0.25, 0.3) is 5.56 Å². The average molecular weight is 272 g/mol. The molecule has 1 heterocycles. The summed E-state index contributed by atoms with van der Waals surface area (Å²) in [5, 5.41) is 1.09. The van der Waals surface area contributed by atoms with E-state index in [4.69, 9.17) is 11.6 Å².